The fourth-order valence-electron chi connectivity index (χ4n) is 4.66. The molecule has 0 amide bonds. The van der Waals surface area contributed by atoms with Gasteiger partial charge in [-0.1, -0.05) is 0 Å². The van der Waals surface area contributed by atoms with E-state index in [0.29, 0.717) is 0 Å². The summed E-state index contributed by atoms with van der Waals surface area (Å²) in [5.74, 6) is -0.273. The number of rotatable bonds is 7. The number of halogens is 1. The van der Waals surface area contributed by atoms with Crippen LogP contribution >= 0.6 is 0 Å². The first kappa shape index (κ1) is 22.9. The van der Waals surface area contributed by atoms with Gasteiger partial charge >= 0.3 is 0 Å². The van der Waals surface area contributed by atoms with Gasteiger partial charge in [-0.25, -0.2) is 9.37 Å². The minimum atomic E-state index is -0.273. The van der Waals surface area contributed by atoms with Gasteiger partial charge in [0, 0.05) is 48.0 Å². The van der Waals surface area contributed by atoms with Crippen LogP contribution in [0.15, 0.2) is 67.1 Å². The molecule has 1 aromatic carbocycles. The molecule has 186 valence electrons. The second-order valence-electron chi connectivity index (χ2n) is 9.39. The van der Waals surface area contributed by atoms with Gasteiger partial charge in [0.2, 0.25) is 0 Å². The Kier molecular flexibility index (Phi) is 5.90. The first-order valence-electron chi connectivity index (χ1n) is 12.2. The van der Waals surface area contributed by atoms with Gasteiger partial charge in [-0.15, -0.1) is 0 Å². The maximum atomic E-state index is 14.6. The van der Waals surface area contributed by atoms with Crippen molar-refractivity contribution in [1.82, 2.24) is 35.4 Å². The molecule has 0 aliphatic carbocycles. The third-order valence-corrected chi connectivity index (χ3v) is 6.48. The Bertz CT molecular complexity index is 1580. The predicted octanol–water partition coefficient (Wildman–Crippen LogP) is 4.79. The zero-order chi connectivity index (χ0) is 25.4. The number of aromatic nitrogens is 5. The number of hydrogen-bond donors (Lipinski definition) is 4. The highest BCUT2D eigenvalue weighted by atomic mass is 19.1. The van der Waals surface area contributed by atoms with Gasteiger partial charge in [0.05, 0.1) is 22.9 Å². The fraction of sp³-hybridized carbons (Fsp3) is 0.179. The summed E-state index contributed by atoms with van der Waals surface area (Å²) in [6.45, 7) is 1.59. The number of anilines is 1. The van der Waals surface area contributed by atoms with Crippen molar-refractivity contribution in [2.75, 3.05) is 32.5 Å². The summed E-state index contributed by atoms with van der Waals surface area (Å²) in [6, 6.07) is 14.8. The topological polar surface area (TPSA) is 97.5 Å². The number of aromatic amines is 2. The summed E-state index contributed by atoms with van der Waals surface area (Å²) >= 11 is 0. The van der Waals surface area contributed by atoms with Gasteiger partial charge < -0.3 is 20.5 Å². The van der Waals surface area contributed by atoms with Gasteiger partial charge in [0.1, 0.15) is 17.0 Å². The van der Waals surface area contributed by atoms with Crippen LogP contribution in [0.3, 0.4) is 0 Å². The third kappa shape index (κ3) is 4.56. The van der Waals surface area contributed by atoms with Gasteiger partial charge in [-0.2, -0.15) is 5.10 Å². The van der Waals surface area contributed by atoms with Crippen LogP contribution in [0.2, 0.25) is 0 Å². The van der Waals surface area contributed by atoms with Crippen LogP contribution in [0.25, 0.3) is 39.8 Å². The van der Waals surface area contributed by atoms with Crippen LogP contribution in [0.1, 0.15) is 22.9 Å². The van der Waals surface area contributed by atoms with Crippen molar-refractivity contribution in [2.24, 2.45) is 0 Å². The molecule has 5 aromatic rings. The average molecular weight is 495 g/mol. The quantitative estimate of drug-likeness (QED) is 0.260. The Hall–Kier alpha value is -4.50. The Morgan fingerprint density at radius 3 is 2.76 bits per heavy atom. The SMILES string of the molecule is CN(C)CCNc1cc(F)cc(C2NC=Cc3[nH]c(-c4n[nH]c5ccc(-c6ccncc6)nc45)cc32)c1. The van der Waals surface area contributed by atoms with Crippen LogP contribution < -0.4 is 10.6 Å². The highest BCUT2D eigenvalue weighted by Crippen LogP contribution is 2.35. The lowest BCUT2D eigenvalue weighted by atomic mass is 9.96. The molecule has 4 aromatic heterocycles. The lowest BCUT2D eigenvalue weighted by Gasteiger charge is -2.22. The zero-order valence-corrected chi connectivity index (χ0v) is 20.6. The van der Waals surface area contributed by atoms with Crippen LogP contribution in [-0.2, 0) is 0 Å². The largest absolute Gasteiger partial charge is 0.384 e. The second kappa shape index (κ2) is 9.51. The molecule has 6 rings (SSSR count). The maximum absolute atomic E-state index is 14.6. The van der Waals surface area contributed by atoms with Gasteiger partial charge in [0.25, 0.3) is 0 Å². The predicted molar refractivity (Wildman–Crippen MR) is 144 cm³/mol. The highest BCUT2D eigenvalue weighted by Gasteiger charge is 2.24. The number of fused-ring (bicyclic) bond motifs is 2. The first-order chi connectivity index (χ1) is 18.0. The summed E-state index contributed by atoms with van der Waals surface area (Å²) < 4.78 is 14.6. The molecule has 0 saturated carbocycles. The lowest BCUT2D eigenvalue weighted by molar-refractivity contribution is 0.425. The minimum Gasteiger partial charge on any atom is -0.384 e. The molecule has 4 N–H and O–H groups in total. The second-order valence-corrected chi connectivity index (χ2v) is 9.39. The van der Waals surface area contributed by atoms with Crippen molar-refractivity contribution >= 4 is 22.8 Å². The zero-order valence-electron chi connectivity index (χ0n) is 20.6. The van der Waals surface area contributed by atoms with Crippen molar-refractivity contribution in [1.29, 1.82) is 0 Å². The number of benzene rings is 1. The molecular weight excluding hydrogens is 467 g/mol. The first-order valence-corrected chi connectivity index (χ1v) is 12.2. The molecule has 8 nitrogen and oxygen atoms in total. The van der Waals surface area contributed by atoms with Gasteiger partial charge in [0.15, 0.2) is 0 Å². The van der Waals surface area contributed by atoms with Crippen molar-refractivity contribution in [3.05, 3.63) is 89.8 Å². The molecule has 5 heterocycles. The van der Waals surface area contributed by atoms with Crippen LogP contribution in [0, 0.1) is 5.82 Å². The molecule has 1 atom stereocenters. The fourth-order valence-corrected chi connectivity index (χ4v) is 4.66. The number of H-pyrrole nitrogens is 2. The van der Waals surface area contributed by atoms with E-state index in [4.69, 9.17) is 4.98 Å². The molecule has 1 unspecified atom stereocenters. The number of hydrogen-bond acceptors (Lipinski definition) is 6. The molecule has 0 saturated heterocycles. The van der Waals surface area contributed by atoms with Crippen molar-refractivity contribution in [3.63, 3.8) is 0 Å². The third-order valence-electron chi connectivity index (χ3n) is 6.48. The minimum absolute atomic E-state index is 0.208. The molecule has 37 heavy (non-hydrogen) atoms. The highest BCUT2D eigenvalue weighted by molar-refractivity contribution is 5.90. The monoisotopic (exact) mass is 494 g/mol. The molecule has 1 aliphatic rings. The Morgan fingerprint density at radius 1 is 1.05 bits per heavy atom. The van der Waals surface area contributed by atoms with Gasteiger partial charge in [-0.3, -0.25) is 10.1 Å². The molecule has 0 fully saturated rings. The van der Waals surface area contributed by atoms with E-state index in [9.17, 15) is 4.39 Å². The molecule has 1 aliphatic heterocycles. The average Bonchev–Trinajstić information content (AvgIpc) is 3.52. The van der Waals surface area contributed by atoms with Crippen LogP contribution in [0.5, 0.6) is 0 Å². The summed E-state index contributed by atoms with van der Waals surface area (Å²) in [6.07, 6.45) is 7.38. The van der Waals surface area contributed by atoms with Crippen molar-refractivity contribution in [3.8, 4) is 22.6 Å². The van der Waals surface area contributed by atoms with E-state index in [-0.39, 0.29) is 11.9 Å². The van der Waals surface area contributed by atoms with Gasteiger partial charge in [-0.05, 0) is 80.5 Å². The number of nitrogens with zero attached hydrogens (tertiary/aromatic N) is 4. The van der Waals surface area contributed by atoms with Crippen LogP contribution in [0.4, 0.5) is 10.1 Å². The molecule has 0 radical (unpaired) electrons. The van der Waals surface area contributed by atoms with Crippen molar-refractivity contribution < 1.29 is 4.39 Å². The smallest absolute Gasteiger partial charge is 0.135 e. The van der Waals surface area contributed by atoms with Crippen molar-refractivity contribution in [2.45, 2.75) is 6.04 Å². The molecule has 0 bridgehead atoms. The van der Waals surface area contributed by atoms with E-state index in [1.165, 1.54) is 6.07 Å². The molecular formula is C28H27FN8. The Balaban J connectivity index is 1.35. The number of pyridine rings is 2. The summed E-state index contributed by atoms with van der Waals surface area (Å²) in [4.78, 5) is 14.6. The Labute approximate surface area is 213 Å². The Morgan fingerprint density at radius 2 is 1.92 bits per heavy atom. The van der Waals surface area contributed by atoms with E-state index in [2.05, 4.69) is 41.8 Å². The number of nitrogens with one attached hydrogen (secondary N) is 4. The standard InChI is InChI=1S/C28H27FN8/c1-37(2)12-11-31-20-14-18(13-19(29)15-20)26-21-16-25(33-23(21)7-10-32-26)28-27-24(35-36-28)4-3-22(34-27)17-5-8-30-9-6-17/h3-10,13-16,26,31-33H,11-12H2,1-2H3,(H,35,36). The lowest BCUT2D eigenvalue weighted by Crippen LogP contribution is -2.22. The summed E-state index contributed by atoms with van der Waals surface area (Å²) in [7, 11) is 4.03. The molecule has 0 spiro atoms. The maximum Gasteiger partial charge on any atom is 0.135 e. The summed E-state index contributed by atoms with van der Waals surface area (Å²) in [5.41, 5.74) is 8.61. The van der Waals surface area contributed by atoms with E-state index in [1.807, 2.05) is 56.7 Å². The number of likely N-dealkylation sites (N-methyl/N-ethyl adjacent to an activating group) is 1. The van der Waals surface area contributed by atoms with E-state index in [1.54, 1.807) is 18.5 Å². The summed E-state index contributed by atoms with van der Waals surface area (Å²) in [5, 5.41) is 14.4. The van der Waals surface area contributed by atoms with E-state index in [0.717, 1.165) is 69.3 Å². The van der Waals surface area contributed by atoms with E-state index < -0.39 is 0 Å². The van der Waals surface area contributed by atoms with Crippen LogP contribution in [-0.4, -0.2) is 57.2 Å². The van der Waals surface area contributed by atoms with E-state index >= 15 is 0 Å². The molecule has 9 heteroatoms. The normalized spacial score (nSPS) is 14.6.